The predicted octanol–water partition coefficient (Wildman–Crippen LogP) is 2.03. The zero-order valence-corrected chi connectivity index (χ0v) is 13.3. The van der Waals surface area contributed by atoms with Crippen LogP contribution in [0.1, 0.15) is 23.7 Å². The number of amides is 2. The molecule has 0 saturated carbocycles. The zero-order chi connectivity index (χ0) is 16.1. The summed E-state index contributed by atoms with van der Waals surface area (Å²) >= 11 is 1.42. The summed E-state index contributed by atoms with van der Waals surface area (Å²) in [5.74, 6) is -0.586. The van der Waals surface area contributed by atoms with Gasteiger partial charge < -0.3 is 15.6 Å². The molecule has 2 rings (SSSR count). The molecule has 116 valence electrons. The van der Waals surface area contributed by atoms with E-state index in [2.05, 4.69) is 10.3 Å². The number of imidazole rings is 1. The summed E-state index contributed by atoms with van der Waals surface area (Å²) in [6, 6.07) is 6.50. The second-order valence-corrected chi connectivity index (χ2v) is 5.94. The predicted molar refractivity (Wildman–Crippen MR) is 86.7 cm³/mol. The molecule has 0 aliphatic carbocycles. The number of nitrogens with one attached hydrogen (secondary N) is 1. The van der Waals surface area contributed by atoms with E-state index in [1.807, 2.05) is 24.7 Å². The summed E-state index contributed by atoms with van der Waals surface area (Å²) in [6.07, 6.45) is 4.23. The van der Waals surface area contributed by atoms with Gasteiger partial charge in [0.1, 0.15) is 0 Å². The van der Waals surface area contributed by atoms with Crippen LogP contribution in [0.5, 0.6) is 0 Å². The van der Waals surface area contributed by atoms with Crippen molar-refractivity contribution in [1.82, 2.24) is 9.55 Å². The molecule has 1 aromatic heterocycles. The Morgan fingerprint density at radius 2 is 2.05 bits per heavy atom. The molecule has 1 atom stereocenters. The number of aromatic nitrogens is 2. The van der Waals surface area contributed by atoms with Crippen molar-refractivity contribution in [3.63, 3.8) is 0 Å². The highest BCUT2D eigenvalue weighted by Gasteiger charge is 2.20. The van der Waals surface area contributed by atoms with Crippen LogP contribution in [-0.2, 0) is 11.8 Å². The monoisotopic (exact) mass is 318 g/mol. The van der Waals surface area contributed by atoms with E-state index in [0.717, 1.165) is 5.16 Å². The molecule has 6 nitrogen and oxygen atoms in total. The highest BCUT2D eigenvalue weighted by atomic mass is 32.2. The third kappa shape index (κ3) is 3.88. The summed E-state index contributed by atoms with van der Waals surface area (Å²) in [4.78, 5) is 27.6. The Labute approximate surface area is 133 Å². The smallest absolute Gasteiger partial charge is 0.248 e. The van der Waals surface area contributed by atoms with E-state index in [9.17, 15) is 9.59 Å². The second-order valence-electron chi connectivity index (χ2n) is 4.77. The van der Waals surface area contributed by atoms with Gasteiger partial charge in [0.15, 0.2) is 5.16 Å². The third-order valence-corrected chi connectivity index (χ3v) is 4.56. The Balaban J connectivity index is 2.02. The largest absolute Gasteiger partial charge is 0.366 e. The lowest BCUT2D eigenvalue weighted by atomic mass is 10.2. The van der Waals surface area contributed by atoms with Crippen LogP contribution in [0.4, 0.5) is 5.69 Å². The van der Waals surface area contributed by atoms with Crippen LogP contribution < -0.4 is 11.1 Å². The van der Waals surface area contributed by atoms with Gasteiger partial charge in [0.05, 0.1) is 5.25 Å². The summed E-state index contributed by atoms with van der Waals surface area (Å²) in [6.45, 7) is 1.95. The molecule has 0 fully saturated rings. The summed E-state index contributed by atoms with van der Waals surface area (Å²) in [5.41, 5.74) is 6.23. The molecular formula is C15H18N4O2S. The summed E-state index contributed by atoms with van der Waals surface area (Å²) < 4.78 is 1.88. The van der Waals surface area contributed by atoms with Crippen LogP contribution in [0, 0.1) is 0 Å². The first-order valence-corrected chi connectivity index (χ1v) is 7.74. The number of carbonyl (C=O) groups excluding carboxylic acids is 2. The van der Waals surface area contributed by atoms with Gasteiger partial charge in [0, 0.05) is 30.7 Å². The van der Waals surface area contributed by atoms with E-state index in [1.165, 1.54) is 11.8 Å². The first kappa shape index (κ1) is 16.1. The van der Waals surface area contributed by atoms with Gasteiger partial charge in [-0.05, 0) is 30.7 Å². The first-order valence-electron chi connectivity index (χ1n) is 6.86. The molecule has 3 N–H and O–H groups in total. The maximum atomic E-state index is 12.3. The average Bonchev–Trinajstić information content (AvgIpc) is 2.90. The Morgan fingerprint density at radius 3 is 2.55 bits per heavy atom. The molecule has 0 aliphatic heterocycles. The van der Waals surface area contributed by atoms with Crippen molar-refractivity contribution in [3.05, 3.63) is 42.2 Å². The van der Waals surface area contributed by atoms with Crippen LogP contribution in [0.25, 0.3) is 0 Å². The highest BCUT2D eigenvalue weighted by molar-refractivity contribution is 8.00. The number of primary amides is 1. The van der Waals surface area contributed by atoms with E-state index in [1.54, 1.807) is 30.5 Å². The maximum Gasteiger partial charge on any atom is 0.248 e. The fourth-order valence-corrected chi connectivity index (χ4v) is 2.79. The standard InChI is InChI=1S/C15H18N4O2S/c1-3-12(22-15-17-8-9-19(15)2)14(21)18-11-6-4-10(5-7-11)13(16)20/h4-9,12H,3H2,1-2H3,(H2,16,20)(H,18,21). The zero-order valence-electron chi connectivity index (χ0n) is 12.4. The Hall–Kier alpha value is -2.28. The van der Waals surface area contributed by atoms with Crippen LogP contribution in [0.3, 0.4) is 0 Å². The lowest BCUT2D eigenvalue weighted by Gasteiger charge is -2.14. The molecule has 7 heteroatoms. The Morgan fingerprint density at radius 1 is 1.36 bits per heavy atom. The number of aryl methyl sites for hydroxylation is 1. The van der Waals surface area contributed by atoms with Gasteiger partial charge in [-0.3, -0.25) is 9.59 Å². The van der Waals surface area contributed by atoms with Gasteiger partial charge in [0.25, 0.3) is 0 Å². The van der Waals surface area contributed by atoms with Crippen LogP contribution >= 0.6 is 11.8 Å². The fraction of sp³-hybridized carbons (Fsp3) is 0.267. The number of benzene rings is 1. The minimum atomic E-state index is -0.491. The Bertz CT molecular complexity index is 666. The van der Waals surface area contributed by atoms with Crippen LogP contribution in [0.2, 0.25) is 0 Å². The number of thioether (sulfide) groups is 1. The van der Waals surface area contributed by atoms with Crippen molar-refractivity contribution in [3.8, 4) is 0 Å². The highest BCUT2D eigenvalue weighted by Crippen LogP contribution is 2.24. The van der Waals surface area contributed by atoms with Crippen molar-refractivity contribution >= 4 is 29.3 Å². The molecule has 1 unspecified atom stereocenters. The first-order chi connectivity index (χ1) is 10.5. The summed E-state index contributed by atoms with van der Waals surface area (Å²) in [5, 5.41) is 3.40. The number of carbonyl (C=O) groups is 2. The normalized spacial score (nSPS) is 11.9. The number of nitrogens with two attached hydrogens (primary N) is 1. The molecule has 0 saturated heterocycles. The van der Waals surface area contributed by atoms with Crippen molar-refractivity contribution in [2.75, 3.05) is 5.32 Å². The minimum Gasteiger partial charge on any atom is -0.366 e. The SMILES string of the molecule is CCC(Sc1nccn1C)C(=O)Nc1ccc(C(N)=O)cc1. The number of nitrogens with zero attached hydrogens (tertiary/aromatic N) is 2. The number of hydrogen-bond acceptors (Lipinski definition) is 4. The quantitative estimate of drug-likeness (QED) is 0.797. The van der Waals surface area contributed by atoms with Gasteiger partial charge in [-0.15, -0.1) is 0 Å². The van der Waals surface area contributed by atoms with Crippen molar-refractivity contribution in [2.45, 2.75) is 23.8 Å². The van der Waals surface area contributed by atoms with Gasteiger partial charge >= 0.3 is 0 Å². The molecule has 0 spiro atoms. The van der Waals surface area contributed by atoms with Gasteiger partial charge in [-0.1, -0.05) is 18.7 Å². The maximum absolute atomic E-state index is 12.3. The second kappa shape index (κ2) is 7.13. The van der Waals surface area contributed by atoms with E-state index >= 15 is 0 Å². The number of hydrogen-bond donors (Lipinski definition) is 2. The number of rotatable bonds is 6. The minimum absolute atomic E-state index is 0.0951. The van der Waals surface area contributed by atoms with Crippen molar-refractivity contribution in [2.24, 2.45) is 12.8 Å². The van der Waals surface area contributed by atoms with E-state index in [4.69, 9.17) is 5.73 Å². The van der Waals surface area contributed by atoms with Crippen molar-refractivity contribution < 1.29 is 9.59 Å². The molecule has 1 heterocycles. The molecular weight excluding hydrogens is 300 g/mol. The van der Waals surface area contributed by atoms with Crippen LogP contribution in [0.15, 0.2) is 41.8 Å². The van der Waals surface area contributed by atoms with Gasteiger partial charge in [-0.2, -0.15) is 0 Å². The van der Waals surface area contributed by atoms with E-state index < -0.39 is 5.91 Å². The fourth-order valence-electron chi connectivity index (χ4n) is 1.86. The molecule has 2 amide bonds. The lowest BCUT2D eigenvalue weighted by Crippen LogP contribution is -2.25. The molecule has 22 heavy (non-hydrogen) atoms. The van der Waals surface area contributed by atoms with E-state index in [0.29, 0.717) is 17.7 Å². The molecule has 0 aliphatic rings. The summed E-state index contributed by atoms with van der Waals surface area (Å²) in [7, 11) is 1.89. The lowest BCUT2D eigenvalue weighted by molar-refractivity contribution is -0.115. The van der Waals surface area contributed by atoms with Gasteiger partial charge in [-0.25, -0.2) is 4.98 Å². The molecule has 0 radical (unpaired) electrons. The average molecular weight is 318 g/mol. The Kier molecular flexibility index (Phi) is 5.21. The topological polar surface area (TPSA) is 90.0 Å². The third-order valence-electron chi connectivity index (χ3n) is 3.12. The van der Waals surface area contributed by atoms with E-state index in [-0.39, 0.29) is 11.2 Å². The van der Waals surface area contributed by atoms with Crippen LogP contribution in [-0.4, -0.2) is 26.6 Å². The number of anilines is 1. The molecule has 2 aromatic rings. The molecule has 0 bridgehead atoms. The van der Waals surface area contributed by atoms with Gasteiger partial charge in [0.2, 0.25) is 11.8 Å². The molecule has 1 aromatic carbocycles. The van der Waals surface area contributed by atoms with Crippen molar-refractivity contribution in [1.29, 1.82) is 0 Å².